The summed E-state index contributed by atoms with van der Waals surface area (Å²) in [6, 6.07) is 3.07. The standard InChI is InChI=1S/C15H18F3N3O3/c1-9-5-6-10-19-13(15(16,17)18)12(21(10)7-9)14(22)20(2)8-11(23-3)24-4/h5-7,11H,8H2,1-4H3. The highest BCUT2D eigenvalue weighted by molar-refractivity contribution is 5.94. The molecule has 132 valence electrons. The van der Waals surface area contributed by atoms with E-state index in [0.717, 1.165) is 9.30 Å². The molecule has 0 aliphatic rings. The number of imidazole rings is 1. The van der Waals surface area contributed by atoms with Crippen molar-refractivity contribution in [2.75, 3.05) is 27.8 Å². The van der Waals surface area contributed by atoms with Crippen LogP contribution in [0.5, 0.6) is 0 Å². The Morgan fingerprint density at radius 2 is 1.96 bits per heavy atom. The lowest BCUT2D eigenvalue weighted by Gasteiger charge is -2.22. The van der Waals surface area contributed by atoms with Crippen LogP contribution in [0.4, 0.5) is 13.2 Å². The fraction of sp³-hybridized carbons (Fsp3) is 0.467. The van der Waals surface area contributed by atoms with Crippen molar-refractivity contribution in [1.29, 1.82) is 0 Å². The number of carbonyl (C=O) groups is 1. The third kappa shape index (κ3) is 3.51. The Balaban J connectivity index is 2.52. The van der Waals surface area contributed by atoms with Crippen molar-refractivity contribution in [3.63, 3.8) is 0 Å². The molecule has 24 heavy (non-hydrogen) atoms. The van der Waals surface area contributed by atoms with Gasteiger partial charge in [0.15, 0.2) is 12.0 Å². The molecule has 0 unspecified atom stereocenters. The predicted octanol–water partition coefficient (Wildman–Crippen LogP) is 2.35. The van der Waals surface area contributed by atoms with E-state index in [-0.39, 0.29) is 12.2 Å². The van der Waals surface area contributed by atoms with E-state index < -0.39 is 29.8 Å². The van der Waals surface area contributed by atoms with Crippen LogP contribution in [0.3, 0.4) is 0 Å². The normalized spacial score (nSPS) is 12.2. The molecule has 2 rings (SSSR count). The van der Waals surface area contributed by atoms with Crippen molar-refractivity contribution >= 4 is 11.6 Å². The largest absolute Gasteiger partial charge is 0.435 e. The second kappa shape index (κ2) is 6.78. The van der Waals surface area contributed by atoms with Gasteiger partial charge in [0.1, 0.15) is 11.3 Å². The molecule has 0 aromatic carbocycles. The first-order chi connectivity index (χ1) is 11.2. The number of ether oxygens (including phenoxy) is 2. The highest BCUT2D eigenvalue weighted by Crippen LogP contribution is 2.32. The highest BCUT2D eigenvalue weighted by Gasteiger charge is 2.41. The maximum absolute atomic E-state index is 13.3. The third-order valence-electron chi connectivity index (χ3n) is 3.53. The summed E-state index contributed by atoms with van der Waals surface area (Å²) in [5, 5.41) is 0. The number of pyridine rings is 1. The topological polar surface area (TPSA) is 56.1 Å². The second-order valence-corrected chi connectivity index (χ2v) is 5.33. The molecule has 0 saturated heterocycles. The van der Waals surface area contributed by atoms with Gasteiger partial charge in [0.05, 0.1) is 6.54 Å². The van der Waals surface area contributed by atoms with E-state index in [1.165, 1.54) is 33.5 Å². The molecule has 1 amide bonds. The first kappa shape index (κ1) is 18.2. The number of hydrogen-bond donors (Lipinski definition) is 0. The minimum atomic E-state index is -4.74. The van der Waals surface area contributed by atoms with Gasteiger partial charge in [-0.25, -0.2) is 4.98 Å². The van der Waals surface area contributed by atoms with Crippen molar-refractivity contribution in [1.82, 2.24) is 14.3 Å². The maximum Gasteiger partial charge on any atom is 0.435 e. The van der Waals surface area contributed by atoms with Gasteiger partial charge in [-0.05, 0) is 18.6 Å². The number of halogens is 3. The highest BCUT2D eigenvalue weighted by atomic mass is 19.4. The number of amides is 1. The van der Waals surface area contributed by atoms with E-state index in [2.05, 4.69) is 4.98 Å². The van der Waals surface area contributed by atoms with E-state index in [9.17, 15) is 18.0 Å². The number of alkyl halides is 3. The summed E-state index contributed by atoms with van der Waals surface area (Å²) < 4.78 is 51.0. The molecule has 0 aliphatic heterocycles. The first-order valence-corrected chi connectivity index (χ1v) is 7.06. The quantitative estimate of drug-likeness (QED) is 0.781. The lowest BCUT2D eigenvalue weighted by Crippen LogP contribution is -2.37. The summed E-state index contributed by atoms with van der Waals surface area (Å²) in [6.45, 7) is 1.69. The molecule has 0 aliphatic carbocycles. The molecule has 6 nitrogen and oxygen atoms in total. The van der Waals surface area contributed by atoms with Crippen LogP contribution in [0, 0.1) is 6.92 Å². The Morgan fingerprint density at radius 1 is 1.33 bits per heavy atom. The number of likely N-dealkylation sites (N-methyl/N-ethyl adjacent to an activating group) is 1. The fourth-order valence-corrected chi connectivity index (χ4v) is 2.29. The number of hydrogen-bond acceptors (Lipinski definition) is 4. The zero-order valence-electron chi connectivity index (χ0n) is 13.7. The molecule has 0 spiro atoms. The Morgan fingerprint density at radius 3 is 2.50 bits per heavy atom. The van der Waals surface area contributed by atoms with E-state index in [0.29, 0.717) is 5.56 Å². The molecular weight excluding hydrogens is 327 g/mol. The van der Waals surface area contributed by atoms with Crippen LogP contribution in [0.15, 0.2) is 18.3 Å². The van der Waals surface area contributed by atoms with Gasteiger partial charge in [-0.2, -0.15) is 13.2 Å². The van der Waals surface area contributed by atoms with E-state index in [4.69, 9.17) is 9.47 Å². The first-order valence-electron chi connectivity index (χ1n) is 7.06. The van der Waals surface area contributed by atoms with Gasteiger partial charge < -0.3 is 14.4 Å². The van der Waals surface area contributed by atoms with Gasteiger partial charge >= 0.3 is 6.18 Å². The molecule has 0 fully saturated rings. The van der Waals surface area contributed by atoms with Crippen molar-refractivity contribution in [2.24, 2.45) is 0 Å². The number of aryl methyl sites for hydroxylation is 1. The Labute approximate surface area is 136 Å². The second-order valence-electron chi connectivity index (χ2n) is 5.33. The Bertz CT molecular complexity index is 739. The number of rotatable bonds is 5. The molecule has 2 aromatic heterocycles. The Kier molecular flexibility index (Phi) is 5.14. The van der Waals surface area contributed by atoms with Gasteiger partial charge in [-0.1, -0.05) is 6.07 Å². The summed E-state index contributed by atoms with van der Waals surface area (Å²) in [4.78, 5) is 17.3. The van der Waals surface area contributed by atoms with Crippen LogP contribution < -0.4 is 0 Å². The molecular formula is C15H18F3N3O3. The minimum absolute atomic E-state index is 0.0256. The average Bonchev–Trinajstić information content (AvgIpc) is 2.90. The molecule has 2 heterocycles. The summed E-state index contributed by atoms with van der Waals surface area (Å²) in [5.74, 6) is -0.820. The summed E-state index contributed by atoms with van der Waals surface area (Å²) >= 11 is 0. The minimum Gasteiger partial charge on any atom is -0.354 e. The third-order valence-corrected chi connectivity index (χ3v) is 3.53. The van der Waals surface area contributed by atoms with E-state index in [1.54, 1.807) is 13.0 Å². The lowest BCUT2D eigenvalue weighted by atomic mass is 10.2. The molecule has 0 N–H and O–H groups in total. The van der Waals surface area contributed by atoms with E-state index >= 15 is 0 Å². The molecule has 0 radical (unpaired) electrons. The summed E-state index contributed by atoms with van der Waals surface area (Å²) in [5.41, 5.74) is -0.984. The number of carbonyl (C=O) groups excluding carboxylic acids is 1. The monoisotopic (exact) mass is 345 g/mol. The SMILES string of the molecule is COC(CN(C)C(=O)c1c(C(F)(F)F)nc2ccc(C)cn12)OC. The number of nitrogens with zero attached hydrogens (tertiary/aromatic N) is 3. The number of aromatic nitrogens is 2. The van der Waals surface area contributed by atoms with Crippen molar-refractivity contribution in [3.05, 3.63) is 35.3 Å². The van der Waals surface area contributed by atoms with Gasteiger partial charge in [-0.15, -0.1) is 0 Å². The fourth-order valence-electron chi connectivity index (χ4n) is 2.29. The molecule has 0 bridgehead atoms. The summed E-state index contributed by atoms with van der Waals surface area (Å²) in [6.07, 6.45) is -4.04. The molecule has 9 heteroatoms. The van der Waals surface area contributed by atoms with Crippen LogP contribution >= 0.6 is 0 Å². The zero-order valence-corrected chi connectivity index (χ0v) is 13.7. The van der Waals surface area contributed by atoms with Crippen LogP contribution in [-0.2, 0) is 15.7 Å². The number of methoxy groups -OCH3 is 2. The van der Waals surface area contributed by atoms with Crippen molar-refractivity contribution in [3.8, 4) is 0 Å². The lowest BCUT2D eigenvalue weighted by molar-refractivity contribution is -0.141. The van der Waals surface area contributed by atoms with Gasteiger partial charge in [0.2, 0.25) is 0 Å². The van der Waals surface area contributed by atoms with Crippen LogP contribution in [0.25, 0.3) is 5.65 Å². The zero-order chi connectivity index (χ0) is 18.1. The molecule has 2 aromatic rings. The van der Waals surface area contributed by atoms with Crippen LogP contribution in [-0.4, -0.2) is 54.3 Å². The van der Waals surface area contributed by atoms with Crippen LogP contribution in [0.2, 0.25) is 0 Å². The van der Waals surface area contributed by atoms with Gasteiger partial charge in [0.25, 0.3) is 5.91 Å². The van der Waals surface area contributed by atoms with E-state index in [1.807, 2.05) is 0 Å². The predicted molar refractivity (Wildman–Crippen MR) is 79.7 cm³/mol. The molecule has 0 atom stereocenters. The molecule has 0 saturated carbocycles. The van der Waals surface area contributed by atoms with Crippen molar-refractivity contribution in [2.45, 2.75) is 19.4 Å². The Hall–Kier alpha value is -2.13. The van der Waals surface area contributed by atoms with Gasteiger partial charge in [0, 0.05) is 27.5 Å². The average molecular weight is 345 g/mol. The maximum atomic E-state index is 13.3. The van der Waals surface area contributed by atoms with Crippen molar-refractivity contribution < 1.29 is 27.4 Å². The summed E-state index contributed by atoms with van der Waals surface area (Å²) in [7, 11) is 4.14. The van der Waals surface area contributed by atoms with Crippen LogP contribution in [0.1, 0.15) is 21.7 Å². The van der Waals surface area contributed by atoms with Gasteiger partial charge in [-0.3, -0.25) is 9.20 Å². The number of fused-ring (bicyclic) bond motifs is 1. The smallest absolute Gasteiger partial charge is 0.354 e.